The first-order valence-corrected chi connectivity index (χ1v) is 9.01. The van der Waals surface area contributed by atoms with E-state index in [1.165, 1.54) is 12.1 Å². The van der Waals surface area contributed by atoms with Crippen LogP contribution in [0, 0.1) is 11.6 Å². The first kappa shape index (κ1) is 19.0. The van der Waals surface area contributed by atoms with Crippen LogP contribution in [0.3, 0.4) is 0 Å². The molecule has 2 heterocycles. The second kappa shape index (κ2) is 8.75. The average molecular weight is 374 g/mol. The lowest BCUT2D eigenvalue weighted by molar-refractivity contribution is 0.369. The van der Waals surface area contributed by atoms with Gasteiger partial charge < -0.3 is 15.1 Å². The number of guanidine groups is 1. The summed E-state index contributed by atoms with van der Waals surface area (Å²) in [5, 5.41) is 3.30. The fourth-order valence-corrected chi connectivity index (χ4v) is 3.16. The average Bonchev–Trinajstić information content (AvgIpc) is 2.69. The number of rotatable bonds is 4. The quantitative estimate of drug-likeness (QED) is 0.657. The van der Waals surface area contributed by atoms with Crippen molar-refractivity contribution in [1.29, 1.82) is 0 Å². The van der Waals surface area contributed by atoms with Crippen molar-refractivity contribution in [3.8, 4) is 0 Å². The Hall–Kier alpha value is -2.77. The van der Waals surface area contributed by atoms with E-state index in [1.807, 2.05) is 6.92 Å². The number of hydrogen-bond acceptors (Lipinski definition) is 4. The van der Waals surface area contributed by atoms with Crippen LogP contribution >= 0.6 is 0 Å². The number of nitrogens with one attached hydrogen (secondary N) is 1. The first-order chi connectivity index (χ1) is 13.1. The fraction of sp³-hybridized carbons (Fsp3) is 0.421. The summed E-state index contributed by atoms with van der Waals surface area (Å²) in [6, 6.07) is 5.51. The molecule has 1 unspecified atom stereocenters. The number of hydrogen-bond donors (Lipinski definition) is 1. The lowest BCUT2D eigenvalue weighted by Crippen LogP contribution is -2.53. The Bertz CT molecular complexity index is 775. The second-order valence-electron chi connectivity index (χ2n) is 6.52. The smallest absolute Gasteiger partial charge is 0.225 e. The normalized spacial score (nSPS) is 16.4. The molecule has 6 nitrogen and oxygen atoms in total. The van der Waals surface area contributed by atoms with Gasteiger partial charge in [-0.2, -0.15) is 0 Å². The van der Waals surface area contributed by atoms with E-state index in [2.05, 4.69) is 30.1 Å². The van der Waals surface area contributed by atoms with Gasteiger partial charge in [0.2, 0.25) is 5.95 Å². The van der Waals surface area contributed by atoms with Gasteiger partial charge in [0.1, 0.15) is 11.6 Å². The van der Waals surface area contributed by atoms with Crippen molar-refractivity contribution < 1.29 is 8.78 Å². The molecule has 0 aliphatic carbocycles. The molecule has 1 aliphatic heterocycles. The van der Waals surface area contributed by atoms with Crippen LogP contribution in [0.25, 0.3) is 0 Å². The van der Waals surface area contributed by atoms with Crippen LogP contribution in [-0.2, 0) is 0 Å². The molecule has 0 amide bonds. The Kier molecular flexibility index (Phi) is 6.16. The van der Waals surface area contributed by atoms with Crippen molar-refractivity contribution in [2.24, 2.45) is 4.99 Å². The zero-order valence-electron chi connectivity index (χ0n) is 15.6. The predicted octanol–water partition coefficient (Wildman–Crippen LogP) is 2.26. The minimum Gasteiger partial charge on any atom is -0.356 e. The van der Waals surface area contributed by atoms with Crippen LogP contribution in [0.15, 0.2) is 41.7 Å². The van der Waals surface area contributed by atoms with E-state index in [-0.39, 0.29) is 5.92 Å². The number of benzene rings is 1. The molecule has 27 heavy (non-hydrogen) atoms. The van der Waals surface area contributed by atoms with Gasteiger partial charge in [0.15, 0.2) is 5.96 Å². The number of anilines is 1. The minimum absolute atomic E-state index is 0.110. The Morgan fingerprint density at radius 2 is 1.89 bits per heavy atom. The van der Waals surface area contributed by atoms with Crippen LogP contribution in [-0.4, -0.2) is 60.6 Å². The fourth-order valence-electron chi connectivity index (χ4n) is 3.16. The SMILES string of the molecule is CN=C(NCC(C)c1ccc(F)cc1F)N1CCN(c2ncccn2)CC1. The van der Waals surface area contributed by atoms with Crippen LogP contribution in [0.1, 0.15) is 18.4 Å². The molecule has 3 rings (SSSR count). The van der Waals surface area contributed by atoms with Crippen molar-refractivity contribution in [1.82, 2.24) is 20.2 Å². The maximum atomic E-state index is 13.9. The number of halogens is 2. The molecule has 1 aromatic heterocycles. The molecular formula is C19H24F2N6. The summed E-state index contributed by atoms with van der Waals surface area (Å²) in [4.78, 5) is 17.2. The molecule has 1 aliphatic rings. The van der Waals surface area contributed by atoms with E-state index in [0.29, 0.717) is 12.1 Å². The third kappa shape index (κ3) is 4.69. The second-order valence-corrected chi connectivity index (χ2v) is 6.52. The molecule has 1 atom stereocenters. The molecule has 0 spiro atoms. The summed E-state index contributed by atoms with van der Waals surface area (Å²) >= 11 is 0. The zero-order valence-corrected chi connectivity index (χ0v) is 15.6. The van der Waals surface area contributed by atoms with E-state index >= 15 is 0 Å². The number of aliphatic imine (C=N–C) groups is 1. The van der Waals surface area contributed by atoms with E-state index < -0.39 is 11.6 Å². The van der Waals surface area contributed by atoms with Gasteiger partial charge in [-0.25, -0.2) is 18.7 Å². The van der Waals surface area contributed by atoms with Gasteiger partial charge in [0.25, 0.3) is 0 Å². The lowest BCUT2D eigenvalue weighted by Gasteiger charge is -2.36. The van der Waals surface area contributed by atoms with Crippen molar-refractivity contribution in [3.05, 3.63) is 53.9 Å². The number of aromatic nitrogens is 2. The third-order valence-corrected chi connectivity index (χ3v) is 4.69. The molecule has 1 fully saturated rings. The standard InChI is InChI=1S/C19H24F2N6/c1-14(16-5-4-15(20)12-17(16)21)13-25-18(22-2)26-8-10-27(11-9-26)19-23-6-3-7-24-19/h3-7,12,14H,8-11,13H2,1-2H3,(H,22,25). The first-order valence-electron chi connectivity index (χ1n) is 9.01. The molecule has 144 valence electrons. The molecule has 8 heteroatoms. The maximum absolute atomic E-state index is 13.9. The summed E-state index contributed by atoms with van der Waals surface area (Å²) in [5.41, 5.74) is 0.491. The lowest BCUT2D eigenvalue weighted by atomic mass is 10.0. The molecule has 1 N–H and O–H groups in total. The number of piperazine rings is 1. The molecule has 0 bridgehead atoms. The highest BCUT2D eigenvalue weighted by Crippen LogP contribution is 2.19. The van der Waals surface area contributed by atoms with E-state index in [4.69, 9.17) is 0 Å². The van der Waals surface area contributed by atoms with Crippen LogP contribution in [0.2, 0.25) is 0 Å². The van der Waals surface area contributed by atoms with Gasteiger partial charge >= 0.3 is 0 Å². The third-order valence-electron chi connectivity index (χ3n) is 4.69. The highest BCUT2D eigenvalue weighted by molar-refractivity contribution is 5.80. The highest BCUT2D eigenvalue weighted by atomic mass is 19.1. The Morgan fingerprint density at radius 3 is 2.52 bits per heavy atom. The van der Waals surface area contributed by atoms with Crippen LogP contribution in [0.4, 0.5) is 14.7 Å². The van der Waals surface area contributed by atoms with E-state index in [9.17, 15) is 8.78 Å². The van der Waals surface area contributed by atoms with Crippen LogP contribution < -0.4 is 10.2 Å². The Labute approximate surface area is 158 Å². The summed E-state index contributed by atoms with van der Waals surface area (Å²) in [5.74, 6) is 0.322. The Morgan fingerprint density at radius 1 is 1.19 bits per heavy atom. The monoisotopic (exact) mass is 374 g/mol. The van der Waals surface area contributed by atoms with Gasteiger partial charge in [-0.1, -0.05) is 13.0 Å². The predicted molar refractivity (Wildman–Crippen MR) is 102 cm³/mol. The van der Waals surface area contributed by atoms with Gasteiger partial charge in [0, 0.05) is 64.1 Å². The van der Waals surface area contributed by atoms with Gasteiger partial charge in [-0.05, 0) is 17.7 Å². The minimum atomic E-state index is -0.563. The van der Waals surface area contributed by atoms with Gasteiger partial charge in [0.05, 0.1) is 0 Å². The van der Waals surface area contributed by atoms with E-state index in [1.54, 1.807) is 25.5 Å². The van der Waals surface area contributed by atoms with Crippen LogP contribution in [0.5, 0.6) is 0 Å². The van der Waals surface area contributed by atoms with Gasteiger partial charge in [-0.15, -0.1) is 0 Å². The molecule has 2 aromatic rings. The molecular weight excluding hydrogens is 350 g/mol. The van der Waals surface area contributed by atoms with Crippen molar-refractivity contribution >= 4 is 11.9 Å². The summed E-state index contributed by atoms with van der Waals surface area (Å²) in [6.45, 7) is 5.59. The molecule has 1 aromatic carbocycles. The maximum Gasteiger partial charge on any atom is 0.225 e. The Balaban J connectivity index is 1.54. The van der Waals surface area contributed by atoms with Gasteiger partial charge in [-0.3, -0.25) is 4.99 Å². The summed E-state index contributed by atoms with van der Waals surface area (Å²) in [6.07, 6.45) is 3.48. The summed E-state index contributed by atoms with van der Waals surface area (Å²) < 4.78 is 27.0. The van der Waals surface area contributed by atoms with Crippen molar-refractivity contribution in [2.45, 2.75) is 12.8 Å². The molecule has 0 saturated carbocycles. The molecule has 0 radical (unpaired) electrons. The topological polar surface area (TPSA) is 56.7 Å². The van der Waals surface area contributed by atoms with E-state index in [0.717, 1.165) is 44.2 Å². The van der Waals surface area contributed by atoms with Crippen molar-refractivity contribution in [2.75, 3.05) is 44.7 Å². The highest BCUT2D eigenvalue weighted by Gasteiger charge is 2.21. The van der Waals surface area contributed by atoms with Crippen molar-refractivity contribution in [3.63, 3.8) is 0 Å². The summed E-state index contributed by atoms with van der Waals surface area (Å²) in [7, 11) is 1.73. The zero-order chi connectivity index (χ0) is 19.2. The number of nitrogens with zero attached hydrogens (tertiary/aromatic N) is 5. The molecule has 1 saturated heterocycles. The largest absolute Gasteiger partial charge is 0.356 e.